The molecule has 0 heterocycles. The second-order valence-corrected chi connectivity index (χ2v) is 7.04. The van der Waals surface area contributed by atoms with Gasteiger partial charge in [-0.15, -0.1) is 11.8 Å². The van der Waals surface area contributed by atoms with E-state index in [2.05, 4.69) is 48.3 Å². The van der Waals surface area contributed by atoms with E-state index < -0.39 is 0 Å². The molecule has 0 aliphatic heterocycles. The first-order chi connectivity index (χ1) is 11.6. The summed E-state index contributed by atoms with van der Waals surface area (Å²) in [4.78, 5) is 15.7. The highest BCUT2D eigenvalue weighted by Crippen LogP contribution is 2.22. The minimum atomic E-state index is -0.109. The van der Waals surface area contributed by atoms with E-state index in [-0.39, 0.29) is 11.2 Å². The fraction of sp³-hybridized carbons (Fsp3) is 0.350. The third-order valence-corrected chi connectivity index (χ3v) is 5.07. The number of hydrogen-bond donors (Lipinski definition) is 1. The Bertz CT molecular complexity index is 624. The van der Waals surface area contributed by atoms with E-state index in [9.17, 15) is 4.79 Å². The predicted molar refractivity (Wildman–Crippen MR) is 104 cm³/mol. The van der Waals surface area contributed by atoms with Crippen LogP contribution in [-0.4, -0.2) is 24.2 Å². The van der Waals surface area contributed by atoms with Crippen LogP contribution >= 0.6 is 11.8 Å². The predicted octanol–water partition coefficient (Wildman–Crippen LogP) is 4.33. The van der Waals surface area contributed by atoms with Crippen molar-refractivity contribution in [1.82, 2.24) is 5.32 Å². The van der Waals surface area contributed by atoms with Crippen molar-refractivity contribution >= 4 is 23.4 Å². The smallest absolute Gasteiger partial charge is 0.233 e. The number of nitrogens with one attached hydrogen (secondary N) is 1. The lowest BCUT2D eigenvalue weighted by Gasteiger charge is -2.21. The molecule has 4 heteroatoms. The Labute approximate surface area is 149 Å². The monoisotopic (exact) mass is 342 g/mol. The Kier molecular flexibility index (Phi) is 7.19. The average Bonchev–Trinajstić information content (AvgIpc) is 2.62. The molecule has 0 aromatic heterocycles. The van der Waals surface area contributed by atoms with Crippen molar-refractivity contribution < 1.29 is 4.79 Å². The highest BCUT2D eigenvalue weighted by molar-refractivity contribution is 8.00. The zero-order valence-corrected chi connectivity index (χ0v) is 15.5. The third kappa shape index (κ3) is 5.31. The summed E-state index contributed by atoms with van der Waals surface area (Å²) in [5, 5.41) is 2.91. The molecule has 1 unspecified atom stereocenters. The zero-order chi connectivity index (χ0) is 17.4. The van der Waals surface area contributed by atoms with Gasteiger partial charge in [-0.3, -0.25) is 4.79 Å². The number of anilines is 1. The first-order valence-electron chi connectivity index (χ1n) is 8.47. The van der Waals surface area contributed by atoms with Gasteiger partial charge in [0.15, 0.2) is 0 Å². The van der Waals surface area contributed by atoms with Crippen molar-refractivity contribution in [2.45, 2.75) is 37.5 Å². The van der Waals surface area contributed by atoms with Crippen LogP contribution in [0.2, 0.25) is 0 Å². The second kappa shape index (κ2) is 9.38. The lowest BCUT2D eigenvalue weighted by atomic mass is 10.2. The maximum atomic E-state index is 12.2. The minimum absolute atomic E-state index is 0.0664. The van der Waals surface area contributed by atoms with Crippen LogP contribution in [0, 0.1) is 0 Å². The molecule has 2 aromatic carbocycles. The summed E-state index contributed by atoms with van der Waals surface area (Å²) in [5.41, 5.74) is 2.35. The number of benzene rings is 2. The van der Waals surface area contributed by atoms with Gasteiger partial charge in [0, 0.05) is 30.2 Å². The molecule has 1 atom stereocenters. The Morgan fingerprint density at radius 3 is 2.25 bits per heavy atom. The Hall–Kier alpha value is -1.94. The van der Waals surface area contributed by atoms with Gasteiger partial charge in [-0.1, -0.05) is 30.3 Å². The molecule has 0 spiro atoms. The first kappa shape index (κ1) is 18.4. The molecule has 0 fully saturated rings. The normalized spacial score (nSPS) is 11.8. The van der Waals surface area contributed by atoms with Gasteiger partial charge in [-0.25, -0.2) is 0 Å². The van der Waals surface area contributed by atoms with E-state index in [0.717, 1.165) is 23.5 Å². The molecule has 3 nitrogen and oxygen atoms in total. The van der Waals surface area contributed by atoms with Crippen LogP contribution in [-0.2, 0) is 11.3 Å². The van der Waals surface area contributed by atoms with E-state index in [4.69, 9.17) is 0 Å². The van der Waals surface area contributed by atoms with Crippen LogP contribution in [0.3, 0.4) is 0 Å². The molecule has 1 amide bonds. The SMILES string of the molecule is CCN(CC)c1ccc(CNC(=O)C(C)Sc2ccccc2)cc1. The molecule has 24 heavy (non-hydrogen) atoms. The topological polar surface area (TPSA) is 32.3 Å². The molecular formula is C20H26N2OS. The lowest BCUT2D eigenvalue weighted by Crippen LogP contribution is -2.30. The molecule has 0 bridgehead atoms. The summed E-state index contributed by atoms with van der Waals surface area (Å²) in [5.74, 6) is 0.0664. The van der Waals surface area contributed by atoms with Crippen LogP contribution in [0.4, 0.5) is 5.69 Å². The summed E-state index contributed by atoms with van der Waals surface area (Å²) < 4.78 is 0. The van der Waals surface area contributed by atoms with Gasteiger partial charge in [0.25, 0.3) is 0 Å². The summed E-state index contributed by atoms with van der Waals surface area (Å²) in [7, 11) is 0. The standard InChI is InChI=1S/C20H26N2OS/c1-4-22(5-2)18-13-11-17(12-14-18)15-21-20(23)16(3)24-19-9-7-6-8-10-19/h6-14,16H,4-5,15H2,1-3H3,(H,21,23). The van der Waals surface area contributed by atoms with Gasteiger partial charge in [-0.05, 0) is 50.6 Å². The summed E-state index contributed by atoms with van der Waals surface area (Å²) >= 11 is 1.58. The summed E-state index contributed by atoms with van der Waals surface area (Å²) in [6.07, 6.45) is 0. The Morgan fingerprint density at radius 1 is 1.04 bits per heavy atom. The molecule has 1 N–H and O–H groups in total. The molecule has 2 rings (SSSR count). The van der Waals surface area contributed by atoms with Crippen LogP contribution in [0.1, 0.15) is 26.3 Å². The lowest BCUT2D eigenvalue weighted by molar-refractivity contribution is -0.120. The summed E-state index contributed by atoms with van der Waals surface area (Å²) in [6.45, 7) is 8.82. The Morgan fingerprint density at radius 2 is 1.67 bits per heavy atom. The van der Waals surface area contributed by atoms with Crippen molar-refractivity contribution in [3.63, 3.8) is 0 Å². The first-order valence-corrected chi connectivity index (χ1v) is 9.35. The van der Waals surface area contributed by atoms with Gasteiger partial charge < -0.3 is 10.2 Å². The highest BCUT2D eigenvalue weighted by Gasteiger charge is 2.13. The van der Waals surface area contributed by atoms with Crippen LogP contribution in [0.25, 0.3) is 0 Å². The minimum Gasteiger partial charge on any atom is -0.372 e. The van der Waals surface area contributed by atoms with Crippen molar-refractivity contribution in [2.24, 2.45) is 0 Å². The maximum absolute atomic E-state index is 12.2. The number of thioether (sulfide) groups is 1. The average molecular weight is 343 g/mol. The van der Waals surface area contributed by atoms with Gasteiger partial charge in [0.05, 0.1) is 5.25 Å². The molecule has 0 saturated carbocycles. The van der Waals surface area contributed by atoms with Gasteiger partial charge in [0.2, 0.25) is 5.91 Å². The van der Waals surface area contributed by atoms with Gasteiger partial charge in [-0.2, -0.15) is 0 Å². The molecule has 2 aromatic rings. The van der Waals surface area contributed by atoms with Crippen molar-refractivity contribution in [1.29, 1.82) is 0 Å². The van der Waals surface area contributed by atoms with Gasteiger partial charge in [0.1, 0.15) is 0 Å². The molecule has 0 aliphatic rings. The number of hydrogen-bond acceptors (Lipinski definition) is 3. The maximum Gasteiger partial charge on any atom is 0.233 e. The molecule has 0 saturated heterocycles. The quantitative estimate of drug-likeness (QED) is 0.725. The van der Waals surface area contributed by atoms with Crippen LogP contribution in [0.15, 0.2) is 59.5 Å². The third-order valence-electron chi connectivity index (χ3n) is 3.96. The van der Waals surface area contributed by atoms with Crippen molar-refractivity contribution in [2.75, 3.05) is 18.0 Å². The Balaban J connectivity index is 1.85. The number of carbonyl (C=O) groups excluding carboxylic acids is 1. The number of rotatable bonds is 8. The fourth-order valence-electron chi connectivity index (χ4n) is 2.50. The molecule has 0 aliphatic carbocycles. The van der Waals surface area contributed by atoms with E-state index in [1.807, 2.05) is 37.3 Å². The van der Waals surface area contributed by atoms with E-state index in [1.165, 1.54) is 5.69 Å². The molecule has 128 valence electrons. The fourth-order valence-corrected chi connectivity index (χ4v) is 3.42. The largest absolute Gasteiger partial charge is 0.372 e. The van der Waals surface area contributed by atoms with E-state index >= 15 is 0 Å². The van der Waals surface area contributed by atoms with E-state index in [1.54, 1.807) is 11.8 Å². The van der Waals surface area contributed by atoms with E-state index in [0.29, 0.717) is 6.54 Å². The molecular weight excluding hydrogens is 316 g/mol. The van der Waals surface area contributed by atoms with Crippen LogP contribution < -0.4 is 10.2 Å². The number of carbonyl (C=O) groups is 1. The summed E-state index contributed by atoms with van der Waals surface area (Å²) in [6, 6.07) is 18.4. The van der Waals surface area contributed by atoms with Gasteiger partial charge >= 0.3 is 0 Å². The van der Waals surface area contributed by atoms with Crippen molar-refractivity contribution in [3.8, 4) is 0 Å². The zero-order valence-electron chi connectivity index (χ0n) is 14.7. The number of nitrogens with zero attached hydrogens (tertiary/aromatic N) is 1. The highest BCUT2D eigenvalue weighted by atomic mass is 32.2. The number of amides is 1. The molecule has 0 radical (unpaired) electrons. The van der Waals surface area contributed by atoms with Crippen molar-refractivity contribution in [3.05, 3.63) is 60.2 Å². The second-order valence-electron chi connectivity index (χ2n) is 5.63. The van der Waals surface area contributed by atoms with Crippen LogP contribution in [0.5, 0.6) is 0 Å².